The molecule has 9 heteroatoms. The van der Waals surface area contributed by atoms with Crippen LogP contribution in [0.25, 0.3) is 11.1 Å². The van der Waals surface area contributed by atoms with Crippen molar-refractivity contribution in [1.82, 2.24) is 4.98 Å². The number of hydrogen-bond acceptors (Lipinski definition) is 7. The molecule has 1 aromatic carbocycles. The largest absolute Gasteiger partial charge is 0.443 e. The van der Waals surface area contributed by atoms with Gasteiger partial charge in [0.25, 0.3) is 0 Å². The normalized spacial score (nSPS) is 10.7. The van der Waals surface area contributed by atoms with Gasteiger partial charge in [-0.3, -0.25) is 4.90 Å². The molecule has 0 saturated heterocycles. The average molecular weight is 426 g/mol. The second kappa shape index (κ2) is 9.40. The molecule has 0 unspecified atom stereocenters. The van der Waals surface area contributed by atoms with Gasteiger partial charge in [0.05, 0.1) is 18.7 Å². The molecule has 0 spiro atoms. The fraction of sp³-hybridized carbons (Fsp3) is 0.333. The number of carbonyl (C=O) groups excluding carboxylic acids is 1. The van der Waals surface area contributed by atoms with E-state index in [9.17, 15) is 15.3 Å². The zero-order valence-corrected chi connectivity index (χ0v) is 18.1. The molecule has 1 heterocycles. The minimum absolute atomic E-state index is 0.0936. The van der Waals surface area contributed by atoms with Crippen LogP contribution in [0.5, 0.6) is 0 Å². The number of rotatable bonds is 5. The predicted molar refractivity (Wildman–Crippen MR) is 116 cm³/mol. The second-order valence-electron chi connectivity index (χ2n) is 7.39. The van der Waals surface area contributed by atoms with Gasteiger partial charge in [-0.15, -0.1) is 0 Å². The first kappa shape index (κ1) is 22.9. The van der Waals surface area contributed by atoms with Crippen LogP contribution in [-0.4, -0.2) is 36.9 Å². The lowest BCUT2D eigenvalue weighted by Gasteiger charge is -2.27. The summed E-state index contributed by atoms with van der Waals surface area (Å²) in [5.41, 5.74) is 7.05. The highest BCUT2D eigenvalue weighted by molar-refractivity contribution is 7.71. The van der Waals surface area contributed by atoms with Crippen molar-refractivity contribution in [3.05, 3.63) is 40.0 Å². The number of hydrogen-bond donors (Lipinski definition) is 2. The van der Waals surface area contributed by atoms with E-state index in [0.29, 0.717) is 30.0 Å². The number of anilines is 2. The summed E-state index contributed by atoms with van der Waals surface area (Å²) in [5.74, 6) is 0.0936. The van der Waals surface area contributed by atoms with Crippen molar-refractivity contribution in [2.24, 2.45) is 0 Å². The molecule has 0 radical (unpaired) electrons. The van der Waals surface area contributed by atoms with E-state index >= 15 is 0 Å². The number of carbonyl (C=O) groups is 1. The summed E-state index contributed by atoms with van der Waals surface area (Å²) in [4.78, 5) is 16.8. The Morgan fingerprint density at radius 3 is 2.30 bits per heavy atom. The quantitative estimate of drug-likeness (QED) is 0.689. The van der Waals surface area contributed by atoms with Gasteiger partial charge in [0.1, 0.15) is 33.8 Å². The zero-order chi connectivity index (χ0) is 22.5. The van der Waals surface area contributed by atoms with Gasteiger partial charge in [-0.05, 0) is 38.5 Å². The van der Waals surface area contributed by atoms with Crippen LogP contribution in [0.2, 0.25) is 0 Å². The number of nitrogens with zero attached hydrogens (tertiary/aromatic N) is 3. The van der Waals surface area contributed by atoms with Gasteiger partial charge in [-0.1, -0.05) is 24.4 Å². The summed E-state index contributed by atoms with van der Waals surface area (Å²) in [5, 5.41) is 19.0. The molecule has 1 amide bonds. The Balaban J connectivity index is 2.52. The summed E-state index contributed by atoms with van der Waals surface area (Å²) in [7, 11) is 1.55. The highest BCUT2D eigenvalue weighted by Crippen LogP contribution is 2.32. The summed E-state index contributed by atoms with van der Waals surface area (Å²) < 4.78 is 10.7. The molecule has 0 bridgehead atoms. The van der Waals surface area contributed by atoms with Gasteiger partial charge >= 0.3 is 6.09 Å². The standard InChI is InChI=1S/C21H23N5O3S/c1-21(2,3)29-20(27)26(9-10-28-4)14-7-5-13(6-8-14)17-15(11-22)18(24)25-19(30)16(17)12-23/h5-8H,9-10H2,1-4H3,(H3,24,25,30). The lowest BCUT2D eigenvalue weighted by atomic mass is 9.96. The molecule has 0 fully saturated rings. The summed E-state index contributed by atoms with van der Waals surface area (Å²) >= 11 is 5.18. The van der Waals surface area contributed by atoms with E-state index in [2.05, 4.69) is 4.98 Å². The van der Waals surface area contributed by atoms with E-state index < -0.39 is 11.7 Å². The fourth-order valence-electron chi connectivity index (χ4n) is 2.77. The molecule has 0 aliphatic carbocycles. The van der Waals surface area contributed by atoms with Crippen LogP contribution >= 0.6 is 12.2 Å². The van der Waals surface area contributed by atoms with E-state index in [0.717, 1.165) is 0 Å². The molecule has 156 valence electrons. The Labute approximate surface area is 180 Å². The number of aromatic amines is 1. The number of methoxy groups -OCH3 is 1. The maximum Gasteiger partial charge on any atom is 0.414 e. The Hall–Kier alpha value is -3.40. The Morgan fingerprint density at radius 1 is 1.20 bits per heavy atom. The van der Waals surface area contributed by atoms with Gasteiger partial charge in [-0.2, -0.15) is 10.5 Å². The molecule has 3 N–H and O–H groups in total. The molecule has 0 atom stereocenters. The molecule has 1 aromatic heterocycles. The van der Waals surface area contributed by atoms with Crippen molar-refractivity contribution in [3.8, 4) is 23.3 Å². The van der Waals surface area contributed by atoms with Gasteiger partial charge in [0.2, 0.25) is 0 Å². The van der Waals surface area contributed by atoms with Crippen LogP contribution in [0, 0.1) is 27.3 Å². The van der Waals surface area contributed by atoms with Crippen LogP contribution in [0.15, 0.2) is 24.3 Å². The van der Waals surface area contributed by atoms with E-state index in [1.54, 1.807) is 52.1 Å². The molecule has 30 heavy (non-hydrogen) atoms. The Kier molecular flexibility index (Phi) is 7.17. The number of aromatic nitrogens is 1. The van der Waals surface area contributed by atoms with E-state index in [4.69, 9.17) is 27.4 Å². The van der Waals surface area contributed by atoms with Gasteiger partial charge in [0.15, 0.2) is 0 Å². The number of amides is 1. The number of nitrogen functional groups attached to an aromatic ring is 1. The minimum atomic E-state index is -0.649. The Morgan fingerprint density at radius 2 is 1.80 bits per heavy atom. The van der Waals surface area contributed by atoms with Crippen LogP contribution in [-0.2, 0) is 9.47 Å². The van der Waals surface area contributed by atoms with Crippen LogP contribution in [0.4, 0.5) is 16.3 Å². The van der Waals surface area contributed by atoms with Crippen LogP contribution in [0.3, 0.4) is 0 Å². The van der Waals surface area contributed by atoms with Crippen molar-refractivity contribution in [2.45, 2.75) is 26.4 Å². The number of pyridine rings is 1. The first-order chi connectivity index (χ1) is 14.1. The van der Waals surface area contributed by atoms with E-state index in [1.165, 1.54) is 4.90 Å². The number of nitrogens with one attached hydrogen (secondary N) is 1. The van der Waals surface area contributed by atoms with Crippen molar-refractivity contribution in [3.63, 3.8) is 0 Å². The summed E-state index contributed by atoms with van der Waals surface area (Å²) in [6.07, 6.45) is -0.505. The third-order valence-corrected chi connectivity index (χ3v) is 4.37. The number of nitriles is 2. The van der Waals surface area contributed by atoms with Crippen molar-refractivity contribution >= 4 is 29.8 Å². The van der Waals surface area contributed by atoms with Crippen molar-refractivity contribution in [2.75, 3.05) is 30.9 Å². The zero-order valence-electron chi connectivity index (χ0n) is 17.3. The van der Waals surface area contributed by atoms with Crippen LogP contribution in [0.1, 0.15) is 31.9 Å². The average Bonchev–Trinajstić information content (AvgIpc) is 2.67. The lowest BCUT2D eigenvalue weighted by Crippen LogP contribution is -2.38. The number of benzene rings is 1. The number of H-pyrrole nitrogens is 1. The molecule has 8 nitrogen and oxygen atoms in total. The molecular weight excluding hydrogens is 402 g/mol. The fourth-order valence-corrected chi connectivity index (χ4v) is 3.02. The first-order valence-corrected chi connectivity index (χ1v) is 9.49. The highest BCUT2D eigenvalue weighted by Gasteiger charge is 2.24. The number of nitrogens with two attached hydrogens (primary N) is 1. The third-order valence-electron chi connectivity index (χ3n) is 4.07. The summed E-state index contributed by atoms with van der Waals surface area (Å²) in [6, 6.07) is 10.9. The van der Waals surface area contributed by atoms with Gasteiger partial charge in [0, 0.05) is 18.4 Å². The number of ether oxygens (including phenoxy) is 2. The lowest BCUT2D eigenvalue weighted by molar-refractivity contribution is 0.0569. The third kappa shape index (κ3) is 5.15. The molecular formula is C21H23N5O3S. The van der Waals surface area contributed by atoms with E-state index in [1.807, 2.05) is 12.1 Å². The smallest absolute Gasteiger partial charge is 0.414 e. The second-order valence-corrected chi connectivity index (χ2v) is 7.80. The molecule has 0 aliphatic heterocycles. The predicted octanol–water partition coefficient (Wildman–Crippen LogP) is 4.12. The van der Waals surface area contributed by atoms with Crippen molar-refractivity contribution in [1.29, 1.82) is 10.5 Å². The highest BCUT2D eigenvalue weighted by atomic mass is 32.1. The van der Waals surface area contributed by atoms with Crippen molar-refractivity contribution < 1.29 is 14.3 Å². The maximum absolute atomic E-state index is 12.6. The molecule has 2 rings (SSSR count). The summed E-state index contributed by atoms with van der Waals surface area (Å²) in [6.45, 7) is 5.99. The van der Waals surface area contributed by atoms with Crippen LogP contribution < -0.4 is 10.6 Å². The monoisotopic (exact) mass is 425 g/mol. The van der Waals surface area contributed by atoms with Gasteiger partial charge in [-0.25, -0.2) is 4.79 Å². The molecule has 2 aromatic rings. The molecule has 0 saturated carbocycles. The SMILES string of the molecule is COCCN(C(=O)OC(C)(C)C)c1ccc(-c2c(C#N)c(N)[nH]c(=S)c2C#N)cc1. The first-order valence-electron chi connectivity index (χ1n) is 9.08. The van der Waals surface area contributed by atoms with E-state index in [-0.39, 0.29) is 21.6 Å². The Bertz CT molecular complexity index is 1070. The maximum atomic E-state index is 12.6. The topological polar surface area (TPSA) is 128 Å². The van der Waals surface area contributed by atoms with Gasteiger partial charge < -0.3 is 20.2 Å². The molecule has 0 aliphatic rings. The minimum Gasteiger partial charge on any atom is -0.443 e.